The maximum Gasteiger partial charge on any atom is 0.312 e. The molecular formula is C32H51N3O7. The molecule has 0 unspecified atom stereocenters. The van der Waals surface area contributed by atoms with Crippen LogP contribution in [0.2, 0.25) is 0 Å². The summed E-state index contributed by atoms with van der Waals surface area (Å²) < 4.78 is 12.3. The summed E-state index contributed by atoms with van der Waals surface area (Å²) in [6.07, 6.45) is 7.53. The van der Waals surface area contributed by atoms with Crippen LogP contribution in [0.3, 0.4) is 0 Å². The molecule has 3 rings (SSSR count). The first-order chi connectivity index (χ1) is 20.1. The summed E-state index contributed by atoms with van der Waals surface area (Å²) in [6, 6.07) is -1.55. The van der Waals surface area contributed by atoms with E-state index in [1.807, 2.05) is 13.8 Å². The fraction of sp³-hybridized carbons (Fsp3) is 0.750. The number of hydrogen-bond donors (Lipinski definition) is 2. The van der Waals surface area contributed by atoms with Crippen LogP contribution in [0.25, 0.3) is 0 Å². The number of fused-ring (bicyclic) bond motifs is 1. The van der Waals surface area contributed by atoms with E-state index in [-0.39, 0.29) is 36.8 Å². The number of carbonyl (C=O) groups excluding carboxylic acids is 4. The predicted octanol–water partition coefficient (Wildman–Crippen LogP) is 2.99. The van der Waals surface area contributed by atoms with Crippen molar-refractivity contribution in [3.8, 4) is 0 Å². The fourth-order valence-electron chi connectivity index (χ4n) is 6.88. The Hall–Kier alpha value is -2.72. The molecule has 3 fully saturated rings. The van der Waals surface area contributed by atoms with Crippen LogP contribution >= 0.6 is 0 Å². The van der Waals surface area contributed by atoms with E-state index in [1.165, 1.54) is 0 Å². The quantitative estimate of drug-likeness (QED) is 0.143. The third-order valence-electron chi connectivity index (χ3n) is 9.26. The minimum Gasteiger partial charge on any atom is -0.460 e. The number of carbonyl (C=O) groups is 4. The van der Waals surface area contributed by atoms with Gasteiger partial charge in [-0.05, 0) is 38.5 Å². The van der Waals surface area contributed by atoms with E-state index in [0.29, 0.717) is 45.2 Å². The maximum absolute atomic E-state index is 14.4. The molecule has 3 heterocycles. The molecular weight excluding hydrogens is 538 g/mol. The molecule has 2 N–H and O–H groups in total. The van der Waals surface area contributed by atoms with E-state index >= 15 is 0 Å². The van der Waals surface area contributed by atoms with Crippen molar-refractivity contribution in [1.82, 2.24) is 15.1 Å². The van der Waals surface area contributed by atoms with E-state index in [9.17, 15) is 24.3 Å². The summed E-state index contributed by atoms with van der Waals surface area (Å²) in [5.74, 6) is -3.11. The molecule has 0 radical (unpaired) electrons. The van der Waals surface area contributed by atoms with Crippen LogP contribution < -0.4 is 5.32 Å². The lowest BCUT2D eigenvalue weighted by Crippen LogP contribution is -2.59. The Kier molecular flexibility index (Phi) is 12.2. The molecule has 0 aromatic rings. The molecule has 10 heteroatoms. The minimum absolute atomic E-state index is 0.0789. The van der Waals surface area contributed by atoms with Crippen LogP contribution in [0.4, 0.5) is 0 Å². The molecule has 0 aliphatic carbocycles. The topological polar surface area (TPSA) is 125 Å². The maximum atomic E-state index is 14.4. The highest BCUT2D eigenvalue weighted by molar-refractivity contribution is 5.98. The third-order valence-corrected chi connectivity index (χ3v) is 9.26. The highest BCUT2D eigenvalue weighted by Gasteiger charge is 2.75. The normalized spacial score (nSPS) is 28.1. The van der Waals surface area contributed by atoms with Crippen molar-refractivity contribution in [2.45, 2.75) is 109 Å². The van der Waals surface area contributed by atoms with Gasteiger partial charge in [0.2, 0.25) is 17.7 Å². The highest BCUT2D eigenvalue weighted by Crippen LogP contribution is 2.59. The molecule has 3 aliphatic rings. The van der Waals surface area contributed by atoms with E-state index < -0.39 is 47.7 Å². The monoisotopic (exact) mass is 589 g/mol. The summed E-state index contributed by atoms with van der Waals surface area (Å²) in [5.41, 5.74) is -1.17. The van der Waals surface area contributed by atoms with Crippen LogP contribution in [-0.2, 0) is 28.7 Å². The number of nitrogens with zero attached hydrogens (tertiary/aromatic N) is 2. The number of likely N-dealkylation sites (tertiary alicyclic amines) is 1. The van der Waals surface area contributed by atoms with Gasteiger partial charge in [0, 0.05) is 19.5 Å². The first-order valence-corrected chi connectivity index (χ1v) is 15.7. The number of allylic oxidation sites excluding steroid dienone is 1. The standard InChI is InChI=1S/C32H51N3O7/c1-7-11-13-18-34(17-9-3)30(39)28-32-16-15-24(42-32)26(27(32)29(38)35(28)23(20-36)21(5)10-4)31(40)41-22(6)19-33-25(37)14-12-8-2/h8-9,21-24,26-28,36H,2-3,7,10-20H2,1,4-6H3,(H,33,37)/t21-,22-,23-,24+,26-,27-,28+,32-/m0/s1. The number of amides is 3. The molecule has 3 aliphatic heterocycles. The summed E-state index contributed by atoms with van der Waals surface area (Å²) in [7, 11) is 0. The van der Waals surface area contributed by atoms with Crippen LogP contribution in [0.1, 0.15) is 79.1 Å². The van der Waals surface area contributed by atoms with Crippen LogP contribution in [0.5, 0.6) is 0 Å². The Morgan fingerprint density at radius 2 is 1.98 bits per heavy atom. The van der Waals surface area contributed by atoms with Gasteiger partial charge in [-0.1, -0.05) is 52.2 Å². The SMILES string of the molecule is C=CCCC(=O)NC[C@H](C)OC(=O)[C@@H]1[C@H]2C(=O)N([C@@H](CO)[C@@H](C)CC)[C@H](C(=O)N(CC=C)CCCCC)[C@]23CC[C@H]1O3. The molecule has 236 valence electrons. The van der Waals surface area contributed by atoms with Gasteiger partial charge < -0.3 is 29.7 Å². The van der Waals surface area contributed by atoms with E-state index in [2.05, 4.69) is 25.4 Å². The lowest BCUT2D eigenvalue weighted by molar-refractivity contribution is -0.160. The van der Waals surface area contributed by atoms with Gasteiger partial charge in [-0.15, -0.1) is 13.2 Å². The zero-order valence-electron chi connectivity index (χ0n) is 25.9. The summed E-state index contributed by atoms with van der Waals surface area (Å²) in [5, 5.41) is 13.3. The number of rotatable bonds is 18. The summed E-state index contributed by atoms with van der Waals surface area (Å²) in [6.45, 7) is 15.9. The largest absolute Gasteiger partial charge is 0.460 e. The van der Waals surface area contributed by atoms with Crippen LogP contribution in [-0.4, -0.2) is 94.7 Å². The first-order valence-electron chi connectivity index (χ1n) is 15.7. The van der Waals surface area contributed by atoms with E-state index in [1.54, 1.807) is 28.9 Å². The van der Waals surface area contributed by atoms with Crippen LogP contribution in [0, 0.1) is 17.8 Å². The molecule has 0 saturated carbocycles. The minimum atomic E-state index is -1.17. The van der Waals surface area contributed by atoms with E-state index in [0.717, 1.165) is 19.3 Å². The molecule has 42 heavy (non-hydrogen) atoms. The van der Waals surface area contributed by atoms with Gasteiger partial charge in [-0.3, -0.25) is 19.2 Å². The molecule has 10 nitrogen and oxygen atoms in total. The number of esters is 1. The lowest BCUT2D eigenvalue weighted by Gasteiger charge is -2.41. The lowest BCUT2D eigenvalue weighted by atomic mass is 9.70. The Bertz CT molecular complexity index is 1000. The molecule has 0 aromatic carbocycles. The first kappa shape index (κ1) is 33.8. The molecule has 8 atom stereocenters. The zero-order valence-corrected chi connectivity index (χ0v) is 25.9. The van der Waals surface area contributed by atoms with Crippen molar-refractivity contribution in [2.24, 2.45) is 17.8 Å². The third kappa shape index (κ3) is 6.75. The Labute approximate surface area is 250 Å². The van der Waals surface area contributed by atoms with Gasteiger partial charge in [0.15, 0.2) is 0 Å². The van der Waals surface area contributed by atoms with Crippen molar-refractivity contribution < 1.29 is 33.8 Å². The molecule has 1 spiro atoms. The smallest absolute Gasteiger partial charge is 0.312 e. The molecule has 3 amide bonds. The van der Waals surface area contributed by atoms with Crippen molar-refractivity contribution in [2.75, 3.05) is 26.2 Å². The fourth-order valence-corrected chi connectivity index (χ4v) is 6.88. The van der Waals surface area contributed by atoms with E-state index in [4.69, 9.17) is 9.47 Å². The number of aliphatic hydroxyl groups excluding tert-OH is 1. The molecule has 3 saturated heterocycles. The van der Waals surface area contributed by atoms with Gasteiger partial charge >= 0.3 is 5.97 Å². The second-order valence-corrected chi connectivity index (χ2v) is 12.1. The number of hydrogen-bond acceptors (Lipinski definition) is 7. The number of nitrogens with one attached hydrogen (secondary N) is 1. The molecule has 2 bridgehead atoms. The predicted molar refractivity (Wildman–Crippen MR) is 159 cm³/mol. The van der Waals surface area contributed by atoms with Gasteiger partial charge in [0.1, 0.15) is 17.7 Å². The van der Waals surface area contributed by atoms with Gasteiger partial charge in [-0.2, -0.15) is 0 Å². The number of ether oxygens (including phenoxy) is 2. The van der Waals surface area contributed by atoms with Crippen molar-refractivity contribution in [1.29, 1.82) is 0 Å². The number of aliphatic hydroxyl groups is 1. The van der Waals surface area contributed by atoms with Crippen molar-refractivity contribution in [3.05, 3.63) is 25.3 Å². The zero-order chi connectivity index (χ0) is 31.0. The van der Waals surface area contributed by atoms with Gasteiger partial charge in [0.25, 0.3) is 0 Å². The summed E-state index contributed by atoms with van der Waals surface area (Å²) in [4.78, 5) is 57.6. The van der Waals surface area contributed by atoms with Crippen molar-refractivity contribution >= 4 is 23.7 Å². The highest BCUT2D eigenvalue weighted by atomic mass is 16.6. The Balaban J connectivity index is 1.91. The van der Waals surface area contributed by atoms with Crippen LogP contribution in [0.15, 0.2) is 25.3 Å². The average Bonchev–Trinajstić information content (AvgIpc) is 3.62. The second-order valence-electron chi connectivity index (χ2n) is 12.1. The molecule has 0 aromatic heterocycles. The number of unbranched alkanes of at least 4 members (excludes halogenated alkanes) is 2. The van der Waals surface area contributed by atoms with Gasteiger partial charge in [0.05, 0.1) is 37.1 Å². The second kappa shape index (κ2) is 15.1. The van der Waals surface area contributed by atoms with Gasteiger partial charge in [-0.25, -0.2) is 0 Å². The Morgan fingerprint density at radius 3 is 2.60 bits per heavy atom. The summed E-state index contributed by atoms with van der Waals surface area (Å²) >= 11 is 0. The van der Waals surface area contributed by atoms with Crippen molar-refractivity contribution in [3.63, 3.8) is 0 Å². The average molecular weight is 590 g/mol. The Morgan fingerprint density at radius 1 is 1.24 bits per heavy atom.